The number of hydrogen-bond donors (Lipinski definition) is 2. The van der Waals surface area contributed by atoms with Gasteiger partial charge in [-0.2, -0.15) is 0 Å². The summed E-state index contributed by atoms with van der Waals surface area (Å²) in [6.45, 7) is 5.77. The normalized spacial score (nSPS) is 15.1. The number of aliphatic hydroxyl groups excluding tert-OH is 1. The standard InChI is InChI=1S/C23H31FN4O3.HI/c1-4-25-23(26-16-20(29)17-9-10-21(30-2)22(15-17)31-3)28-13-11-27(12-14-28)19-8-6-5-7-18(19)24;/h5-10,15,20,29H,4,11-14,16H2,1-3H3,(H,25,26);1H. The maximum atomic E-state index is 14.1. The summed E-state index contributed by atoms with van der Waals surface area (Å²) in [5.41, 5.74) is 1.34. The van der Waals surface area contributed by atoms with Crippen LogP contribution >= 0.6 is 24.0 Å². The molecule has 2 aromatic carbocycles. The van der Waals surface area contributed by atoms with E-state index in [2.05, 4.69) is 15.2 Å². The Labute approximate surface area is 206 Å². The lowest BCUT2D eigenvalue weighted by Gasteiger charge is -2.37. The monoisotopic (exact) mass is 558 g/mol. The van der Waals surface area contributed by atoms with E-state index in [4.69, 9.17) is 9.47 Å². The number of anilines is 1. The third kappa shape index (κ3) is 6.38. The first-order chi connectivity index (χ1) is 15.1. The fourth-order valence-electron chi connectivity index (χ4n) is 3.63. The van der Waals surface area contributed by atoms with Gasteiger partial charge in [0.2, 0.25) is 0 Å². The SMILES string of the molecule is CCNC(=NCC(O)c1ccc(OC)c(OC)c1)N1CCN(c2ccccc2F)CC1.I. The second kappa shape index (κ2) is 12.7. The van der Waals surface area contributed by atoms with Gasteiger partial charge in [0.05, 0.1) is 32.6 Å². The van der Waals surface area contributed by atoms with Gasteiger partial charge in [0.1, 0.15) is 5.82 Å². The van der Waals surface area contributed by atoms with E-state index in [1.54, 1.807) is 32.4 Å². The predicted molar refractivity (Wildman–Crippen MR) is 136 cm³/mol. The second-order valence-corrected chi connectivity index (χ2v) is 7.25. The van der Waals surface area contributed by atoms with Gasteiger partial charge in [0.15, 0.2) is 17.5 Å². The van der Waals surface area contributed by atoms with E-state index in [1.165, 1.54) is 6.07 Å². The van der Waals surface area contributed by atoms with Crippen molar-refractivity contribution in [2.24, 2.45) is 4.99 Å². The number of benzene rings is 2. The third-order valence-electron chi connectivity index (χ3n) is 5.31. The van der Waals surface area contributed by atoms with Crippen molar-refractivity contribution in [3.8, 4) is 11.5 Å². The Morgan fingerprint density at radius 3 is 2.41 bits per heavy atom. The average Bonchev–Trinajstić information content (AvgIpc) is 2.81. The molecular weight excluding hydrogens is 526 g/mol. The van der Waals surface area contributed by atoms with Crippen molar-refractivity contribution >= 4 is 35.6 Å². The van der Waals surface area contributed by atoms with Gasteiger partial charge >= 0.3 is 0 Å². The number of ether oxygens (including phenoxy) is 2. The van der Waals surface area contributed by atoms with Crippen LogP contribution in [0.3, 0.4) is 0 Å². The molecule has 9 heteroatoms. The van der Waals surface area contributed by atoms with Crippen LogP contribution in [0.4, 0.5) is 10.1 Å². The zero-order chi connectivity index (χ0) is 22.2. The molecule has 7 nitrogen and oxygen atoms in total. The van der Waals surface area contributed by atoms with E-state index in [1.807, 2.05) is 30.0 Å². The van der Waals surface area contributed by atoms with Crippen LogP contribution in [0, 0.1) is 5.82 Å². The number of piperazine rings is 1. The fraction of sp³-hybridized carbons (Fsp3) is 0.435. The van der Waals surface area contributed by atoms with Gasteiger partial charge in [0.25, 0.3) is 0 Å². The van der Waals surface area contributed by atoms with Gasteiger partial charge in [-0.1, -0.05) is 18.2 Å². The summed E-state index contributed by atoms with van der Waals surface area (Å²) in [7, 11) is 3.14. The number of aliphatic imine (C=N–C) groups is 1. The van der Waals surface area contributed by atoms with Gasteiger partial charge in [-0.25, -0.2) is 4.39 Å². The Morgan fingerprint density at radius 1 is 1.09 bits per heavy atom. The van der Waals surface area contributed by atoms with Crippen LogP contribution in [0.5, 0.6) is 11.5 Å². The number of aliphatic hydroxyl groups is 1. The van der Waals surface area contributed by atoms with Crippen molar-refractivity contribution in [1.82, 2.24) is 10.2 Å². The van der Waals surface area contributed by atoms with Crippen molar-refractivity contribution in [3.63, 3.8) is 0 Å². The molecule has 3 rings (SSSR count). The third-order valence-corrected chi connectivity index (χ3v) is 5.31. The number of halogens is 2. The van der Waals surface area contributed by atoms with Crippen LogP contribution in [0.2, 0.25) is 0 Å². The molecule has 1 aliphatic heterocycles. The Hall–Kier alpha value is -2.27. The lowest BCUT2D eigenvalue weighted by atomic mass is 10.1. The molecule has 0 radical (unpaired) electrons. The molecule has 2 N–H and O–H groups in total. The average molecular weight is 558 g/mol. The summed E-state index contributed by atoms with van der Waals surface area (Å²) in [6, 6.07) is 12.2. The number of para-hydroxylation sites is 1. The first-order valence-corrected chi connectivity index (χ1v) is 10.5. The molecule has 1 fully saturated rings. The molecule has 0 saturated carbocycles. The van der Waals surface area contributed by atoms with E-state index in [0.717, 1.165) is 12.5 Å². The quantitative estimate of drug-likeness (QED) is 0.309. The van der Waals surface area contributed by atoms with Crippen molar-refractivity contribution in [1.29, 1.82) is 0 Å². The molecule has 1 atom stereocenters. The van der Waals surface area contributed by atoms with E-state index < -0.39 is 6.10 Å². The van der Waals surface area contributed by atoms with Crippen molar-refractivity contribution < 1.29 is 19.0 Å². The maximum absolute atomic E-state index is 14.1. The minimum absolute atomic E-state index is 0. The number of hydrogen-bond acceptors (Lipinski definition) is 5. The van der Waals surface area contributed by atoms with E-state index in [-0.39, 0.29) is 36.3 Å². The number of nitrogens with one attached hydrogen (secondary N) is 1. The molecule has 1 saturated heterocycles. The molecule has 1 unspecified atom stereocenters. The summed E-state index contributed by atoms with van der Waals surface area (Å²) in [5.74, 6) is 1.73. The van der Waals surface area contributed by atoms with Crippen LogP contribution in [-0.4, -0.2) is 69.5 Å². The van der Waals surface area contributed by atoms with Crippen LogP contribution in [-0.2, 0) is 0 Å². The number of rotatable bonds is 7. The highest BCUT2D eigenvalue weighted by Gasteiger charge is 2.22. The minimum Gasteiger partial charge on any atom is -0.493 e. The largest absolute Gasteiger partial charge is 0.493 e. The summed E-state index contributed by atoms with van der Waals surface area (Å²) in [4.78, 5) is 8.83. The summed E-state index contributed by atoms with van der Waals surface area (Å²) < 4.78 is 24.7. The highest BCUT2D eigenvalue weighted by atomic mass is 127. The van der Waals surface area contributed by atoms with E-state index in [9.17, 15) is 9.50 Å². The molecule has 1 aliphatic rings. The van der Waals surface area contributed by atoms with Crippen molar-refractivity contribution in [2.45, 2.75) is 13.0 Å². The molecule has 0 aromatic heterocycles. The second-order valence-electron chi connectivity index (χ2n) is 7.25. The van der Waals surface area contributed by atoms with Crippen LogP contribution in [0.15, 0.2) is 47.5 Å². The first kappa shape index (κ1) is 26.0. The molecule has 0 amide bonds. The lowest BCUT2D eigenvalue weighted by Crippen LogP contribution is -2.52. The molecule has 176 valence electrons. The minimum atomic E-state index is -0.770. The Balaban J connectivity index is 0.00000363. The fourth-order valence-corrected chi connectivity index (χ4v) is 3.63. The zero-order valence-electron chi connectivity index (χ0n) is 18.8. The molecule has 32 heavy (non-hydrogen) atoms. The van der Waals surface area contributed by atoms with Gasteiger partial charge in [-0.05, 0) is 36.8 Å². The van der Waals surface area contributed by atoms with Crippen molar-refractivity contribution in [2.75, 3.05) is 58.4 Å². The first-order valence-electron chi connectivity index (χ1n) is 10.5. The maximum Gasteiger partial charge on any atom is 0.194 e. The zero-order valence-corrected chi connectivity index (χ0v) is 21.1. The molecular formula is C23H32FIN4O3. The Kier molecular flexibility index (Phi) is 10.3. The van der Waals surface area contributed by atoms with Gasteiger partial charge in [-0.15, -0.1) is 24.0 Å². The topological polar surface area (TPSA) is 69.6 Å². The highest BCUT2D eigenvalue weighted by molar-refractivity contribution is 14.0. The highest BCUT2D eigenvalue weighted by Crippen LogP contribution is 2.30. The summed E-state index contributed by atoms with van der Waals surface area (Å²) >= 11 is 0. The van der Waals surface area contributed by atoms with Gasteiger partial charge in [-0.3, -0.25) is 4.99 Å². The van der Waals surface area contributed by atoms with Crippen LogP contribution < -0.4 is 19.7 Å². The lowest BCUT2D eigenvalue weighted by molar-refractivity contribution is 0.186. The number of methoxy groups -OCH3 is 2. The molecule has 1 heterocycles. The molecule has 2 aromatic rings. The molecule has 0 spiro atoms. The predicted octanol–water partition coefficient (Wildman–Crippen LogP) is 3.28. The summed E-state index contributed by atoms with van der Waals surface area (Å²) in [6.07, 6.45) is -0.770. The molecule has 0 bridgehead atoms. The van der Waals surface area contributed by atoms with Crippen molar-refractivity contribution in [3.05, 3.63) is 53.8 Å². The van der Waals surface area contributed by atoms with Crippen LogP contribution in [0.1, 0.15) is 18.6 Å². The van der Waals surface area contributed by atoms with E-state index >= 15 is 0 Å². The summed E-state index contributed by atoms with van der Waals surface area (Å²) in [5, 5.41) is 13.9. The van der Waals surface area contributed by atoms with Crippen LogP contribution in [0.25, 0.3) is 0 Å². The Bertz CT molecular complexity index is 891. The number of guanidine groups is 1. The smallest absolute Gasteiger partial charge is 0.194 e. The van der Waals surface area contributed by atoms with Gasteiger partial charge < -0.3 is 29.7 Å². The van der Waals surface area contributed by atoms with Gasteiger partial charge in [0, 0.05) is 32.7 Å². The molecule has 0 aliphatic carbocycles. The van der Waals surface area contributed by atoms with E-state index in [0.29, 0.717) is 48.9 Å². The number of nitrogens with zero attached hydrogens (tertiary/aromatic N) is 3. The Morgan fingerprint density at radius 2 is 1.78 bits per heavy atom.